The van der Waals surface area contributed by atoms with Crippen LogP contribution in [-0.2, 0) is 29.1 Å². The number of rotatable bonds is 7. The molecule has 2 N–H and O–H groups in total. The van der Waals surface area contributed by atoms with Crippen LogP contribution in [0.3, 0.4) is 0 Å². The highest BCUT2D eigenvalue weighted by atomic mass is 32.2. The molecule has 1 saturated heterocycles. The zero-order valence-corrected chi connectivity index (χ0v) is 20.7. The molecule has 186 valence electrons. The lowest BCUT2D eigenvalue weighted by atomic mass is 10.2. The lowest BCUT2D eigenvalue weighted by Crippen LogP contribution is -2.32. The van der Waals surface area contributed by atoms with E-state index in [0.717, 1.165) is 30.6 Å². The quantitative estimate of drug-likeness (QED) is 0.541. The minimum atomic E-state index is -3.66. The first kappa shape index (κ1) is 25.2. The first-order chi connectivity index (χ1) is 16.8. The fourth-order valence-corrected chi connectivity index (χ4v) is 6.60. The summed E-state index contributed by atoms with van der Waals surface area (Å²) in [5.41, 5.74) is 0.993. The molecule has 0 radical (unpaired) electrons. The van der Waals surface area contributed by atoms with E-state index in [1.807, 2.05) is 18.2 Å². The van der Waals surface area contributed by atoms with Crippen molar-refractivity contribution in [3.8, 4) is 0 Å². The van der Waals surface area contributed by atoms with Crippen molar-refractivity contribution in [2.24, 2.45) is 0 Å². The van der Waals surface area contributed by atoms with Crippen molar-refractivity contribution in [3.63, 3.8) is 0 Å². The number of nitrogens with zero attached hydrogens (tertiary/aromatic N) is 1. The zero-order chi connectivity index (χ0) is 24.8. The van der Waals surface area contributed by atoms with Gasteiger partial charge in [0.15, 0.2) is 6.61 Å². The smallest absolute Gasteiger partial charge is 0.307 e. The van der Waals surface area contributed by atoms with Crippen LogP contribution >= 0.6 is 11.8 Å². The Bertz CT molecular complexity index is 1210. The van der Waals surface area contributed by atoms with Gasteiger partial charge >= 0.3 is 5.97 Å². The molecule has 11 heteroatoms. The normalized spacial score (nSPS) is 18.6. The number of amides is 2. The lowest BCUT2D eigenvalue weighted by molar-refractivity contribution is -0.147. The molecule has 0 aliphatic carbocycles. The van der Waals surface area contributed by atoms with E-state index in [4.69, 9.17) is 4.74 Å². The molecule has 1 fully saturated rings. The standard InChI is InChI=1S/C24H27N3O6S2/c28-22(16-33-23(29)15-21-24(30)26-19-10-3-4-11-20(19)34-21)25-17-8-7-9-18(14-17)35(31,32)27-12-5-1-2-6-13-27/h3-4,7-11,14,21H,1-2,5-6,12-13,15-16H2,(H,25,28)(H,26,30)/t21-/m1/s1. The van der Waals surface area contributed by atoms with E-state index < -0.39 is 33.8 Å². The van der Waals surface area contributed by atoms with Gasteiger partial charge in [0.05, 0.1) is 22.3 Å². The summed E-state index contributed by atoms with van der Waals surface area (Å²) in [5.74, 6) is -1.57. The van der Waals surface area contributed by atoms with E-state index >= 15 is 0 Å². The van der Waals surface area contributed by atoms with E-state index in [0.29, 0.717) is 24.5 Å². The summed E-state index contributed by atoms with van der Waals surface area (Å²) >= 11 is 1.27. The van der Waals surface area contributed by atoms with Gasteiger partial charge in [0.25, 0.3) is 5.91 Å². The van der Waals surface area contributed by atoms with E-state index in [1.165, 1.54) is 28.2 Å². The number of nitrogens with one attached hydrogen (secondary N) is 2. The number of anilines is 2. The van der Waals surface area contributed by atoms with E-state index in [-0.39, 0.29) is 17.2 Å². The number of para-hydroxylation sites is 1. The minimum Gasteiger partial charge on any atom is -0.456 e. The van der Waals surface area contributed by atoms with Crippen molar-refractivity contribution in [1.29, 1.82) is 0 Å². The van der Waals surface area contributed by atoms with Crippen LogP contribution in [0.5, 0.6) is 0 Å². The molecule has 35 heavy (non-hydrogen) atoms. The van der Waals surface area contributed by atoms with Crippen LogP contribution in [0, 0.1) is 0 Å². The van der Waals surface area contributed by atoms with E-state index in [1.54, 1.807) is 18.2 Å². The van der Waals surface area contributed by atoms with Crippen molar-refractivity contribution in [1.82, 2.24) is 4.31 Å². The number of hydrogen-bond acceptors (Lipinski definition) is 7. The molecule has 2 heterocycles. The van der Waals surface area contributed by atoms with E-state index in [9.17, 15) is 22.8 Å². The van der Waals surface area contributed by atoms with Crippen molar-refractivity contribution < 1.29 is 27.5 Å². The van der Waals surface area contributed by atoms with Crippen molar-refractivity contribution in [2.45, 2.75) is 47.1 Å². The first-order valence-corrected chi connectivity index (χ1v) is 13.8. The number of carbonyl (C=O) groups is 3. The molecule has 4 rings (SSSR count). The van der Waals surface area contributed by atoms with Gasteiger partial charge < -0.3 is 15.4 Å². The predicted molar refractivity (Wildman–Crippen MR) is 133 cm³/mol. The largest absolute Gasteiger partial charge is 0.456 e. The molecule has 2 aliphatic rings. The second kappa shape index (κ2) is 11.2. The number of sulfonamides is 1. The Morgan fingerprint density at radius 1 is 1.06 bits per heavy atom. The summed E-state index contributed by atoms with van der Waals surface area (Å²) in [4.78, 5) is 37.8. The number of esters is 1. The molecule has 0 aromatic heterocycles. The molecular weight excluding hydrogens is 490 g/mol. The van der Waals surface area contributed by atoms with Crippen LogP contribution in [-0.4, -0.2) is 55.5 Å². The van der Waals surface area contributed by atoms with Crippen LogP contribution in [0.2, 0.25) is 0 Å². The van der Waals surface area contributed by atoms with Gasteiger partial charge in [-0.25, -0.2) is 8.42 Å². The predicted octanol–water partition coefficient (Wildman–Crippen LogP) is 3.24. The number of fused-ring (bicyclic) bond motifs is 1. The Hall–Kier alpha value is -2.89. The van der Waals surface area contributed by atoms with Gasteiger partial charge in [-0.1, -0.05) is 31.0 Å². The summed E-state index contributed by atoms with van der Waals surface area (Å²) in [6.45, 7) is 0.424. The number of ether oxygens (including phenoxy) is 1. The maximum Gasteiger partial charge on any atom is 0.307 e. The number of benzene rings is 2. The molecule has 1 atom stereocenters. The average Bonchev–Trinajstić information content (AvgIpc) is 3.14. The second-order valence-electron chi connectivity index (χ2n) is 8.35. The van der Waals surface area contributed by atoms with Gasteiger partial charge in [-0.3, -0.25) is 14.4 Å². The third-order valence-corrected chi connectivity index (χ3v) is 8.91. The summed E-state index contributed by atoms with van der Waals surface area (Å²) in [6.07, 6.45) is 3.50. The van der Waals surface area contributed by atoms with Crippen LogP contribution in [0.15, 0.2) is 58.3 Å². The third kappa shape index (κ3) is 6.41. The molecule has 0 bridgehead atoms. The van der Waals surface area contributed by atoms with Crippen LogP contribution < -0.4 is 10.6 Å². The average molecular weight is 518 g/mol. The summed E-state index contributed by atoms with van der Waals surface area (Å²) in [7, 11) is -3.66. The van der Waals surface area contributed by atoms with Crippen LogP contribution in [0.1, 0.15) is 32.1 Å². The highest BCUT2D eigenvalue weighted by molar-refractivity contribution is 8.01. The lowest BCUT2D eigenvalue weighted by Gasteiger charge is -2.23. The molecule has 2 aromatic rings. The molecule has 2 aliphatic heterocycles. The minimum absolute atomic E-state index is 0.106. The topological polar surface area (TPSA) is 122 Å². The van der Waals surface area contributed by atoms with Gasteiger partial charge in [0.1, 0.15) is 0 Å². The van der Waals surface area contributed by atoms with Crippen molar-refractivity contribution >= 4 is 50.9 Å². The molecular formula is C24H27N3O6S2. The maximum atomic E-state index is 13.0. The van der Waals surface area contributed by atoms with Crippen molar-refractivity contribution in [3.05, 3.63) is 48.5 Å². The first-order valence-electron chi connectivity index (χ1n) is 11.5. The monoisotopic (exact) mass is 517 g/mol. The summed E-state index contributed by atoms with van der Waals surface area (Å²) in [5, 5.41) is 4.67. The second-order valence-corrected chi connectivity index (χ2v) is 11.5. The fourth-order valence-electron chi connectivity index (χ4n) is 3.95. The van der Waals surface area contributed by atoms with Gasteiger partial charge in [-0.2, -0.15) is 4.31 Å². The molecule has 0 saturated carbocycles. The molecule has 2 aromatic carbocycles. The molecule has 0 spiro atoms. The summed E-state index contributed by atoms with van der Waals surface area (Å²) in [6, 6.07) is 13.3. The highest BCUT2D eigenvalue weighted by Gasteiger charge is 2.30. The SMILES string of the molecule is O=C(COC(=O)C[C@H]1Sc2ccccc2NC1=O)Nc1cccc(S(=O)(=O)N2CCCCCC2)c1. The maximum absolute atomic E-state index is 13.0. The Morgan fingerprint density at radius 2 is 1.80 bits per heavy atom. The molecule has 2 amide bonds. The number of carbonyl (C=O) groups excluding carboxylic acids is 3. The van der Waals surface area contributed by atoms with Gasteiger partial charge in [0, 0.05) is 23.7 Å². The van der Waals surface area contributed by atoms with Gasteiger partial charge in [-0.05, 0) is 43.2 Å². The van der Waals surface area contributed by atoms with Crippen LogP contribution in [0.4, 0.5) is 11.4 Å². The Morgan fingerprint density at radius 3 is 2.57 bits per heavy atom. The zero-order valence-electron chi connectivity index (χ0n) is 19.1. The third-order valence-electron chi connectivity index (χ3n) is 5.74. The number of thioether (sulfide) groups is 1. The van der Waals surface area contributed by atoms with Crippen LogP contribution in [0.25, 0.3) is 0 Å². The van der Waals surface area contributed by atoms with Gasteiger partial charge in [-0.15, -0.1) is 11.8 Å². The Balaban J connectivity index is 1.29. The van der Waals surface area contributed by atoms with Crippen molar-refractivity contribution in [2.75, 3.05) is 30.3 Å². The Kier molecular flexibility index (Phi) is 8.09. The molecule has 0 unspecified atom stereocenters. The molecule has 9 nitrogen and oxygen atoms in total. The number of hydrogen-bond donors (Lipinski definition) is 2. The fraction of sp³-hybridized carbons (Fsp3) is 0.375. The van der Waals surface area contributed by atoms with Gasteiger partial charge in [0.2, 0.25) is 15.9 Å². The van der Waals surface area contributed by atoms with E-state index in [2.05, 4.69) is 10.6 Å². The summed E-state index contributed by atoms with van der Waals surface area (Å²) < 4.78 is 32.5. The Labute approximate surface area is 208 Å². The highest BCUT2D eigenvalue weighted by Crippen LogP contribution is 2.36.